The molecule has 0 aromatic carbocycles. The smallest absolute Gasteiger partial charge is 0.0681 e. The van der Waals surface area contributed by atoms with Crippen LogP contribution in [-0.2, 0) is 0 Å². The SMILES string of the molecule is OCC1=CC=CSCC=C1. The fourth-order valence-electron chi connectivity index (χ4n) is 0.690. The standard InChI is InChI=1S/C8H10OS/c9-7-8-3-1-5-10-6-2-4-8/h1-5,9H,6-7H2. The average molecular weight is 154 g/mol. The van der Waals surface area contributed by atoms with E-state index < -0.39 is 0 Å². The van der Waals surface area contributed by atoms with Crippen LogP contribution in [0.1, 0.15) is 0 Å². The summed E-state index contributed by atoms with van der Waals surface area (Å²) in [5, 5.41) is 10.8. The molecule has 0 spiro atoms. The summed E-state index contributed by atoms with van der Waals surface area (Å²) < 4.78 is 0. The Kier molecular flexibility index (Phi) is 3.33. The Morgan fingerprint density at radius 3 is 3.30 bits per heavy atom. The Morgan fingerprint density at radius 1 is 1.60 bits per heavy atom. The molecule has 0 atom stereocenters. The Morgan fingerprint density at radius 2 is 2.50 bits per heavy atom. The second-order valence-electron chi connectivity index (χ2n) is 1.96. The number of rotatable bonds is 1. The van der Waals surface area contributed by atoms with Crippen molar-refractivity contribution in [2.24, 2.45) is 0 Å². The molecule has 0 aliphatic carbocycles. The third-order valence-electron chi connectivity index (χ3n) is 1.19. The van der Waals surface area contributed by atoms with E-state index in [0.29, 0.717) is 0 Å². The summed E-state index contributed by atoms with van der Waals surface area (Å²) in [5.74, 6) is 0.994. The minimum atomic E-state index is 0.130. The maximum absolute atomic E-state index is 8.75. The van der Waals surface area contributed by atoms with Crippen LogP contribution in [0.15, 0.2) is 35.3 Å². The zero-order valence-corrected chi connectivity index (χ0v) is 6.47. The zero-order valence-electron chi connectivity index (χ0n) is 5.66. The van der Waals surface area contributed by atoms with Gasteiger partial charge in [0.1, 0.15) is 0 Å². The third-order valence-corrected chi connectivity index (χ3v) is 1.93. The van der Waals surface area contributed by atoms with E-state index in [1.165, 1.54) is 0 Å². The molecule has 1 N–H and O–H groups in total. The van der Waals surface area contributed by atoms with Crippen LogP contribution in [0.4, 0.5) is 0 Å². The highest BCUT2D eigenvalue weighted by Gasteiger charge is 1.88. The summed E-state index contributed by atoms with van der Waals surface area (Å²) in [6.07, 6.45) is 7.88. The van der Waals surface area contributed by atoms with Gasteiger partial charge in [0.05, 0.1) is 6.61 Å². The van der Waals surface area contributed by atoms with E-state index in [2.05, 4.69) is 6.08 Å². The normalized spacial score (nSPS) is 17.9. The van der Waals surface area contributed by atoms with E-state index in [-0.39, 0.29) is 6.61 Å². The first-order valence-corrected chi connectivity index (χ1v) is 4.23. The molecule has 10 heavy (non-hydrogen) atoms. The summed E-state index contributed by atoms with van der Waals surface area (Å²) in [7, 11) is 0. The zero-order chi connectivity index (χ0) is 7.23. The quantitative estimate of drug-likeness (QED) is 0.620. The molecule has 0 saturated heterocycles. The summed E-state index contributed by atoms with van der Waals surface area (Å²) in [5.41, 5.74) is 0.969. The molecule has 0 amide bonds. The molecule has 1 nitrogen and oxygen atoms in total. The van der Waals surface area contributed by atoms with Crippen LogP contribution in [0.5, 0.6) is 0 Å². The molecular weight excluding hydrogens is 144 g/mol. The lowest BCUT2D eigenvalue weighted by molar-refractivity contribution is 0.335. The Labute approximate surface area is 65.1 Å². The van der Waals surface area contributed by atoms with Crippen molar-refractivity contribution in [1.82, 2.24) is 0 Å². The van der Waals surface area contributed by atoms with Gasteiger partial charge >= 0.3 is 0 Å². The summed E-state index contributed by atoms with van der Waals surface area (Å²) in [4.78, 5) is 0. The van der Waals surface area contributed by atoms with E-state index in [0.717, 1.165) is 11.3 Å². The molecule has 1 heterocycles. The van der Waals surface area contributed by atoms with Crippen molar-refractivity contribution in [2.75, 3.05) is 12.4 Å². The fourth-order valence-corrected chi connectivity index (χ4v) is 1.20. The van der Waals surface area contributed by atoms with Crippen LogP contribution in [-0.4, -0.2) is 17.5 Å². The van der Waals surface area contributed by atoms with Gasteiger partial charge in [-0.3, -0.25) is 0 Å². The number of aliphatic hydroxyl groups excluding tert-OH is 1. The summed E-state index contributed by atoms with van der Waals surface area (Å²) in [6, 6.07) is 0. The van der Waals surface area contributed by atoms with E-state index in [4.69, 9.17) is 5.11 Å². The fraction of sp³-hybridized carbons (Fsp3) is 0.250. The van der Waals surface area contributed by atoms with Gasteiger partial charge in [-0.25, -0.2) is 0 Å². The number of hydrogen-bond donors (Lipinski definition) is 1. The molecule has 0 fully saturated rings. The first-order chi connectivity index (χ1) is 4.93. The third kappa shape index (κ3) is 2.42. The molecule has 2 heteroatoms. The van der Waals surface area contributed by atoms with Crippen LogP contribution in [0.3, 0.4) is 0 Å². The van der Waals surface area contributed by atoms with E-state index in [9.17, 15) is 0 Å². The molecule has 54 valence electrons. The second-order valence-corrected chi connectivity index (χ2v) is 2.90. The minimum absolute atomic E-state index is 0.130. The largest absolute Gasteiger partial charge is 0.392 e. The van der Waals surface area contributed by atoms with Crippen LogP contribution in [0.2, 0.25) is 0 Å². The second kappa shape index (κ2) is 4.36. The van der Waals surface area contributed by atoms with Crippen LogP contribution >= 0.6 is 11.8 Å². The van der Waals surface area contributed by atoms with E-state index >= 15 is 0 Å². The topological polar surface area (TPSA) is 20.2 Å². The van der Waals surface area contributed by atoms with Gasteiger partial charge in [0.25, 0.3) is 0 Å². The predicted octanol–water partition coefficient (Wildman–Crippen LogP) is 1.72. The van der Waals surface area contributed by atoms with Crippen LogP contribution in [0.25, 0.3) is 0 Å². The van der Waals surface area contributed by atoms with E-state index in [1.807, 2.05) is 23.6 Å². The van der Waals surface area contributed by atoms with Gasteiger partial charge in [-0.05, 0) is 11.0 Å². The molecule has 0 unspecified atom stereocenters. The molecule has 0 aromatic heterocycles. The Hall–Kier alpha value is -0.470. The number of thioether (sulfide) groups is 1. The van der Waals surface area contributed by atoms with Crippen molar-refractivity contribution < 1.29 is 5.11 Å². The van der Waals surface area contributed by atoms with Gasteiger partial charge in [-0.15, -0.1) is 11.8 Å². The summed E-state index contributed by atoms with van der Waals surface area (Å²) in [6.45, 7) is 0.130. The Balaban J connectivity index is 2.65. The highest BCUT2D eigenvalue weighted by molar-refractivity contribution is 8.02. The molecule has 0 saturated carbocycles. The average Bonchev–Trinajstić information content (AvgIpc) is 1.87. The molecule has 0 radical (unpaired) electrons. The van der Waals surface area contributed by atoms with Crippen LogP contribution in [0, 0.1) is 0 Å². The van der Waals surface area contributed by atoms with Gasteiger partial charge < -0.3 is 5.11 Å². The first kappa shape index (κ1) is 7.63. The molecule has 0 bridgehead atoms. The van der Waals surface area contributed by atoms with Crippen LogP contribution < -0.4 is 0 Å². The van der Waals surface area contributed by atoms with Crippen molar-refractivity contribution in [1.29, 1.82) is 0 Å². The molecule has 1 aliphatic heterocycles. The lowest BCUT2D eigenvalue weighted by Gasteiger charge is -1.96. The number of aliphatic hydroxyl groups is 1. The van der Waals surface area contributed by atoms with Gasteiger partial charge in [0.15, 0.2) is 0 Å². The maximum Gasteiger partial charge on any atom is 0.0681 e. The van der Waals surface area contributed by atoms with Gasteiger partial charge in [-0.2, -0.15) is 0 Å². The van der Waals surface area contributed by atoms with E-state index in [1.54, 1.807) is 11.8 Å². The Bertz CT molecular complexity index is 180. The lowest BCUT2D eigenvalue weighted by atomic mass is 10.2. The highest BCUT2D eigenvalue weighted by Crippen LogP contribution is 2.08. The molecule has 1 rings (SSSR count). The van der Waals surface area contributed by atoms with Crippen molar-refractivity contribution >= 4 is 11.8 Å². The highest BCUT2D eigenvalue weighted by atomic mass is 32.2. The van der Waals surface area contributed by atoms with Crippen molar-refractivity contribution in [3.63, 3.8) is 0 Å². The van der Waals surface area contributed by atoms with Crippen molar-refractivity contribution in [3.05, 3.63) is 35.3 Å². The minimum Gasteiger partial charge on any atom is -0.392 e. The monoisotopic (exact) mass is 154 g/mol. The lowest BCUT2D eigenvalue weighted by Crippen LogP contribution is -1.86. The molecule has 1 aliphatic rings. The van der Waals surface area contributed by atoms with Gasteiger partial charge in [0, 0.05) is 5.75 Å². The molecular formula is C8H10OS. The van der Waals surface area contributed by atoms with Crippen molar-refractivity contribution in [3.8, 4) is 0 Å². The molecule has 0 aromatic rings. The summed E-state index contributed by atoms with van der Waals surface area (Å²) >= 11 is 1.75. The van der Waals surface area contributed by atoms with Gasteiger partial charge in [0.2, 0.25) is 0 Å². The number of allylic oxidation sites excluding steroid dienone is 2. The number of hydrogen-bond acceptors (Lipinski definition) is 2. The van der Waals surface area contributed by atoms with Crippen molar-refractivity contribution in [2.45, 2.75) is 0 Å². The first-order valence-electron chi connectivity index (χ1n) is 3.18. The predicted molar refractivity (Wildman–Crippen MR) is 45.9 cm³/mol. The van der Waals surface area contributed by atoms with Gasteiger partial charge in [-0.1, -0.05) is 24.3 Å². The maximum atomic E-state index is 8.75.